The van der Waals surface area contributed by atoms with Gasteiger partial charge in [0.05, 0.1) is 16.7 Å². The number of amides is 1. The number of carbonyl (C=O) groups is 1. The molecule has 3 aromatic carbocycles. The van der Waals surface area contributed by atoms with Gasteiger partial charge in [0.25, 0.3) is 5.91 Å². The van der Waals surface area contributed by atoms with Gasteiger partial charge in [-0.15, -0.1) is 0 Å². The van der Waals surface area contributed by atoms with Gasteiger partial charge in [-0.3, -0.25) is 10.1 Å². The third kappa shape index (κ3) is 5.02. The van der Waals surface area contributed by atoms with Crippen LogP contribution in [-0.2, 0) is 0 Å². The summed E-state index contributed by atoms with van der Waals surface area (Å²) in [5.41, 5.74) is 3.12. The number of rotatable bonds is 5. The van der Waals surface area contributed by atoms with E-state index in [1.807, 2.05) is 31.2 Å². The molecular formula is C23H17Cl2N3O3S. The van der Waals surface area contributed by atoms with Gasteiger partial charge >= 0.3 is 0 Å². The smallest absolute Gasteiger partial charge is 0.257 e. The van der Waals surface area contributed by atoms with Crippen LogP contribution in [0.15, 0.2) is 65.1 Å². The lowest BCUT2D eigenvalue weighted by Crippen LogP contribution is -2.34. The predicted octanol–water partition coefficient (Wildman–Crippen LogP) is 6.33. The Labute approximate surface area is 199 Å². The van der Waals surface area contributed by atoms with Crippen molar-refractivity contribution < 1.29 is 13.9 Å². The summed E-state index contributed by atoms with van der Waals surface area (Å²) < 4.78 is 11.3. The van der Waals surface area contributed by atoms with Crippen LogP contribution >= 0.6 is 35.4 Å². The minimum atomic E-state index is -0.402. The number of oxazole rings is 1. The Hall–Kier alpha value is -3.13. The molecule has 4 aromatic rings. The van der Waals surface area contributed by atoms with Crippen LogP contribution in [0.4, 0.5) is 5.69 Å². The predicted molar refractivity (Wildman–Crippen MR) is 131 cm³/mol. The Morgan fingerprint density at radius 3 is 2.56 bits per heavy atom. The second-order valence-electron chi connectivity index (χ2n) is 6.70. The van der Waals surface area contributed by atoms with Gasteiger partial charge in [-0.2, -0.15) is 0 Å². The molecule has 2 N–H and O–H groups in total. The van der Waals surface area contributed by atoms with Gasteiger partial charge in [0.15, 0.2) is 10.7 Å². The SMILES string of the molecule is CCOc1ccc(-c2nc3cc(NC(=S)NC(=O)c4ccc(Cl)c(Cl)c4)ccc3o2)cc1. The first-order chi connectivity index (χ1) is 15.4. The summed E-state index contributed by atoms with van der Waals surface area (Å²) in [5.74, 6) is 0.882. The highest BCUT2D eigenvalue weighted by molar-refractivity contribution is 7.80. The summed E-state index contributed by atoms with van der Waals surface area (Å²) in [5, 5.41) is 6.38. The van der Waals surface area contributed by atoms with E-state index in [0.717, 1.165) is 11.3 Å². The van der Waals surface area contributed by atoms with Crippen LogP contribution < -0.4 is 15.4 Å². The molecule has 0 aliphatic heterocycles. The number of nitrogens with zero attached hydrogens (tertiary/aromatic N) is 1. The van der Waals surface area contributed by atoms with Gasteiger partial charge in [-0.05, 0) is 79.8 Å². The molecule has 9 heteroatoms. The molecule has 0 saturated heterocycles. The van der Waals surface area contributed by atoms with Crippen molar-refractivity contribution in [3.63, 3.8) is 0 Å². The van der Waals surface area contributed by atoms with Crippen LogP contribution in [0.1, 0.15) is 17.3 Å². The van der Waals surface area contributed by atoms with Crippen LogP contribution in [-0.4, -0.2) is 22.6 Å². The van der Waals surface area contributed by atoms with E-state index in [4.69, 9.17) is 44.6 Å². The Morgan fingerprint density at radius 1 is 1.06 bits per heavy atom. The third-order valence-corrected chi connectivity index (χ3v) is 5.41. The molecule has 0 spiro atoms. The zero-order valence-corrected chi connectivity index (χ0v) is 19.1. The van der Waals surface area contributed by atoms with Crippen molar-refractivity contribution in [2.24, 2.45) is 0 Å². The van der Waals surface area contributed by atoms with Crippen LogP contribution in [0.25, 0.3) is 22.6 Å². The Morgan fingerprint density at radius 2 is 1.84 bits per heavy atom. The summed E-state index contributed by atoms with van der Waals surface area (Å²) in [6, 6.07) is 17.5. The van der Waals surface area contributed by atoms with Crippen LogP contribution in [0, 0.1) is 0 Å². The molecule has 0 fully saturated rings. The van der Waals surface area contributed by atoms with Gasteiger partial charge < -0.3 is 14.5 Å². The number of carbonyl (C=O) groups excluding carboxylic acids is 1. The molecular weight excluding hydrogens is 469 g/mol. The van der Waals surface area contributed by atoms with Crippen LogP contribution in [0.5, 0.6) is 5.75 Å². The summed E-state index contributed by atoms with van der Waals surface area (Å²) >= 11 is 17.1. The highest BCUT2D eigenvalue weighted by Crippen LogP contribution is 2.27. The number of anilines is 1. The van der Waals surface area contributed by atoms with E-state index in [0.29, 0.717) is 39.9 Å². The van der Waals surface area contributed by atoms with E-state index < -0.39 is 5.91 Å². The fourth-order valence-electron chi connectivity index (χ4n) is 2.96. The van der Waals surface area contributed by atoms with Crippen molar-refractivity contribution in [1.82, 2.24) is 10.3 Å². The molecule has 0 atom stereocenters. The fourth-order valence-corrected chi connectivity index (χ4v) is 3.47. The molecule has 0 unspecified atom stereocenters. The van der Waals surface area contributed by atoms with Crippen molar-refractivity contribution in [2.45, 2.75) is 6.92 Å². The minimum Gasteiger partial charge on any atom is -0.494 e. The maximum absolute atomic E-state index is 12.4. The molecule has 6 nitrogen and oxygen atoms in total. The lowest BCUT2D eigenvalue weighted by Gasteiger charge is -2.10. The first-order valence-corrected chi connectivity index (χ1v) is 10.8. The second-order valence-corrected chi connectivity index (χ2v) is 7.92. The standard InChI is InChI=1S/C23H17Cl2N3O3S/c1-2-30-16-7-3-13(4-8-16)22-27-19-12-15(6-10-20(19)31-22)26-23(32)28-21(29)14-5-9-17(24)18(25)11-14/h3-12H,2H2,1H3,(H2,26,28,29,32). The molecule has 1 amide bonds. The first-order valence-electron chi connectivity index (χ1n) is 9.64. The van der Waals surface area contributed by atoms with Gasteiger partial charge in [0.1, 0.15) is 11.3 Å². The number of nitrogens with one attached hydrogen (secondary N) is 2. The monoisotopic (exact) mass is 485 g/mol. The van der Waals surface area contributed by atoms with E-state index in [1.165, 1.54) is 6.07 Å². The van der Waals surface area contributed by atoms with Crippen molar-refractivity contribution >= 4 is 63.2 Å². The van der Waals surface area contributed by atoms with Crippen molar-refractivity contribution in [2.75, 3.05) is 11.9 Å². The third-order valence-electron chi connectivity index (χ3n) is 4.47. The largest absolute Gasteiger partial charge is 0.494 e. The molecule has 32 heavy (non-hydrogen) atoms. The highest BCUT2D eigenvalue weighted by Gasteiger charge is 2.12. The summed E-state index contributed by atoms with van der Waals surface area (Å²) in [7, 11) is 0. The number of aromatic nitrogens is 1. The van der Waals surface area contributed by atoms with Gasteiger partial charge in [0, 0.05) is 16.8 Å². The van der Waals surface area contributed by atoms with E-state index in [9.17, 15) is 4.79 Å². The van der Waals surface area contributed by atoms with Crippen LogP contribution in [0.3, 0.4) is 0 Å². The zero-order valence-electron chi connectivity index (χ0n) is 16.8. The number of ether oxygens (including phenoxy) is 1. The molecule has 0 aliphatic rings. The average Bonchev–Trinajstić information content (AvgIpc) is 3.19. The average molecular weight is 486 g/mol. The summed E-state index contributed by atoms with van der Waals surface area (Å²) in [6.07, 6.45) is 0. The van der Waals surface area contributed by atoms with E-state index in [2.05, 4.69) is 15.6 Å². The molecule has 0 radical (unpaired) electrons. The Kier molecular flexibility index (Phi) is 6.60. The summed E-state index contributed by atoms with van der Waals surface area (Å²) in [6.45, 7) is 2.54. The zero-order chi connectivity index (χ0) is 22.7. The molecule has 4 rings (SSSR count). The van der Waals surface area contributed by atoms with Crippen molar-refractivity contribution in [1.29, 1.82) is 0 Å². The molecule has 162 valence electrons. The normalized spacial score (nSPS) is 10.7. The van der Waals surface area contributed by atoms with E-state index >= 15 is 0 Å². The fraction of sp³-hybridized carbons (Fsp3) is 0.0870. The topological polar surface area (TPSA) is 76.4 Å². The number of benzene rings is 3. The van der Waals surface area contributed by atoms with Crippen molar-refractivity contribution in [3.8, 4) is 17.2 Å². The van der Waals surface area contributed by atoms with Crippen molar-refractivity contribution in [3.05, 3.63) is 76.3 Å². The molecule has 1 heterocycles. The number of halogens is 2. The summed E-state index contributed by atoms with van der Waals surface area (Å²) in [4.78, 5) is 16.9. The Bertz CT molecular complexity index is 1310. The van der Waals surface area contributed by atoms with E-state index in [-0.39, 0.29) is 10.1 Å². The van der Waals surface area contributed by atoms with Gasteiger partial charge in [-0.25, -0.2) is 4.98 Å². The quantitative estimate of drug-likeness (QED) is 0.321. The minimum absolute atomic E-state index is 0.135. The number of thiocarbonyl (C=S) groups is 1. The molecule has 0 aliphatic carbocycles. The number of fused-ring (bicyclic) bond motifs is 1. The maximum Gasteiger partial charge on any atom is 0.257 e. The number of hydrogen-bond acceptors (Lipinski definition) is 5. The van der Waals surface area contributed by atoms with Gasteiger partial charge in [0.2, 0.25) is 5.89 Å². The van der Waals surface area contributed by atoms with E-state index in [1.54, 1.807) is 30.3 Å². The maximum atomic E-state index is 12.4. The van der Waals surface area contributed by atoms with Gasteiger partial charge in [-0.1, -0.05) is 23.2 Å². The highest BCUT2D eigenvalue weighted by atomic mass is 35.5. The molecule has 0 saturated carbocycles. The lowest BCUT2D eigenvalue weighted by atomic mass is 10.2. The molecule has 0 bridgehead atoms. The second kappa shape index (κ2) is 9.56. The van der Waals surface area contributed by atoms with Crippen LogP contribution in [0.2, 0.25) is 10.0 Å². The Balaban J connectivity index is 1.45. The molecule has 1 aromatic heterocycles. The lowest BCUT2D eigenvalue weighted by molar-refractivity contribution is 0.0977. The number of hydrogen-bond donors (Lipinski definition) is 2. The first kappa shape index (κ1) is 22.1.